The van der Waals surface area contributed by atoms with Crippen molar-refractivity contribution in [3.05, 3.63) is 42.2 Å². The number of nitrogen functional groups attached to an aromatic ring is 1. The number of sulfone groups is 1. The molecule has 1 heterocycles. The van der Waals surface area contributed by atoms with Gasteiger partial charge in [-0.15, -0.1) is 0 Å². The van der Waals surface area contributed by atoms with Gasteiger partial charge in [0.05, 0.1) is 4.90 Å². The molecule has 0 atom stereocenters. The van der Waals surface area contributed by atoms with Gasteiger partial charge in [-0.25, -0.2) is 18.4 Å². The molecule has 7 heteroatoms. The van der Waals surface area contributed by atoms with Crippen molar-refractivity contribution < 1.29 is 8.42 Å². The third-order valence-electron chi connectivity index (χ3n) is 2.51. The van der Waals surface area contributed by atoms with Crippen molar-refractivity contribution in [1.82, 2.24) is 9.97 Å². The maximum absolute atomic E-state index is 11.3. The molecule has 19 heavy (non-hydrogen) atoms. The Morgan fingerprint density at radius 1 is 1.21 bits per heavy atom. The molecule has 100 valence electrons. The van der Waals surface area contributed by atoms with E-state index in [1.54, 1.807) is 30.3 Å². The van der Waals surface area contributed by atoms with Gasteiger partial charge in [-0.3, -0.25) is 0 Å². The van der Waals surface area contributed by atoms with Crippen LogP contribution < -0.4 is 11.1 Å². The van der Waals surface area contributed by atoms with Crippen LogP contribution in [-0.4, -0.2) is 24.6 Å². The number of nitrogens with zero attached hydrogens (tertiary/aromatic N) is 2. The number of nitrogens with one attached hydrogen (secondary N) is 1. The average molecular weight is 278 g/mol. The van der Waals surface area contributed by atoms with E-state index in [-0.39, 0.29) is 0 Å². The van der Waals surface area contributed by atoms with Gasteiger partial charge in [0.1, 0.15) is 18.0 Å². The summed E-state index contributed by atoms with van der Waals surface area (Å²) in [5.74, 6) is 1.02. The van der Waals surface area contributed by atoms with Gasteiger partial charge in [-0.1, -0.05) is 12.1 Å². The van der Waals surface area contributed by atoms with Crippen LogP contribution in [0, 0.1) is 0 Å². The predicted molar refractivity (Wildman–Crippen MR) is 73.3 cm³/mol. The monoisotopic (exact) mass is 278 g/mol. The van der Waals surface area contributed by atoms with E-state index in [1.807, 2.05) is 0 Å². The molecule has 6 nitrogen and oxygen atoms in total. The molecule has 0 unspecified atom stereocenters. The number of hydrogen-bond acceptors (Lipinski definition) is 6. The average Bonchev–Trinajstić information content (AvgIpc) is 2.36. The Bertz CT molecular complexity index is 668. The molecule has 0 bridgehead atoms. The van der Waals surface area contributed by atoms with Crippen LogP contribution >= 0.6 is 0 Å². The van der Waals surface area contributed by atoms with E-state index in [0.29, 0.717) is 23.1 Å². The first-order valence-electron chi connectivity index (χ1n) is 5.55. The fourth-order valence-electron chi connectivity index (χ4n) is 1.52. The minimum Gasteiger partial charge on any atom is -0.384 e. The number of rotatable bonds is 4. The highest BCUT2D eigenvalue weighted by atomic mass is 32.2. The number of benzene rings is 1. The van der Waals surface area contributed by atoms with Gasteiger partial charge in [-0.2, -0.15) is 0 Å². The first kappa shape index (κ1) is 13.3. The molecule has 1 aromatic carbocycles. The zero-order valence-corrected chi connectivity index (χ0v) is 11.2. The third-order valence-corrected chi connectivity index (χ3v) is 3.64. The lowest BCUT2D eigenvalue weighted by Crippen LogP contribution is -2.03. The molecule has 0 radical (unpaired) electrons. The lowest BCUT2D eigenvalue weighted by Gasteiger charge is -2.06. The van der Waals surface area contributed by atoms with Crippen LogP contribution in [-0.2, 0) is 16.4 Å². The Hall–Kier alpha value is -2.15. The van der Waals surface area contributed by atoms with Gasteiger partial charge in [-0.05, 0) is 17.7 Å². The quantitative estimate of drug-likeness (QED) is 0.868. The number of hydrogen-bond donors (Lipinski definition) is 2. The van der Waals surface area contributed by atoms with Crippen molar-refractivity contribution >= 4 is 21.5 Å². The molecule has 0 fully saturated rings. The predicted octanol–water partition coefficient (Wildman–Crippen LogP) is 1.07. The second kappa shape index (κ2) is 5.23. The van der Waals surface area contributed by atoms with Crippen molar-refractivity contribution in [3.8, 4) is 0 Å². The fraction of sp³-hybridized carbons (Fsp3) is 0.167. The molecule has 0 amide bonds. The highest BCUT2D eigenvalue weighted by Crippen LogP contribution is 2.12. The number of aromatic nitrogens is 2. The summed E-state index contributed by atoms with van der Waals surface area (Å²) in [6, 6.07) is 8.31. The molecule has 1 aromatic heterocycles. The molecular weight excluding hydrogens is 264 g/mol. The van der Waals surface area contributed by atoms with Crippen LogP contribution in [0.5, 0.6) is 0 Å². The van der Waals surface area contributed by atoms with Gasteiger partial charge in [0.15, 0.2) is 9.84 Å². The topological polar surface area (TPSA) is 98.0 Å². The van der Waals surface area contributed by atoms with E-state index < -0.39 is 9.84 Å². The fourth-order valence-corrected chi connectivity index (χ4v) is 2.15. The van der Waals surface area contributed by atoms with Crippen molar-refractivity contribution in [2.45, 2.75) is 11.4 Å². The van der Waals surface area contributed by atoms with Gasteiger partial charge < -0.3 is 11.1 Å². The molecule has 2 aromatic rings. The summed E-state index contributed by atoms with van der Waals surface area (Å²) in [4.78, 5) is 8.11. The minimum atomic E-state index is -3.15. The summed E-state index contributed by atoms with van der Waals surface area (Å²) >= 11 is 0. The molecular formula is C12H14N4O2S. The van der Waals surface area contributed by atoms with Gasteiger partial charge in [0.2, 0.25) is 0 Å². The molecule has 0 saturated heterocycles. The van der Waals surface area contributed by atoms with Crippen molar-refractivity contribution in [2.75, 3.05) is 17.3 Å². The van der Waals surface area contributed by atoms with Crippen LogP contribution in [0.25, 0.3) is 0 Å². The maximum Gasteiger partial charge on any atom is 0.175 e. The number of nitrogens with two attached hydrogens (primary N) is 1. The molecule has 0 spiro atoms. The minimum absolute atomic E-state index is 0.308. The number of anilines is 2. The van der Waals surface area contributed by atoms with Crippen LogP contribution in [0.3, 0.4) is 0 Å². The van der Waals surface area contributed by atoms with Crippen molar-refractivity contribution in [2.24, 2.45) is 0 Å². The smallest absolute Gasteiger partial charge is 0.175 e. The summed E-state index contributed by atoms with van der Waals surface area (Å²) in [6.07, 6.45) is 2.56. The Morgan fingerprint density at radius 3 is 2.47 bits per heavy atom. The largest absolute Gasteiger partial charge is 0.384 e. The Balaban J connectivity index is 2.05. The highest BCUT2D eigenvalue weighted by molar-refractivity contribution is 7.90. The molecule has 2 rings (SSSR count). The lowest BCUT2D eigenvalue weighted by molar-refractivity contribution is 0.602. The van der Waals surface area contributed by atoms with E-state index >= 15 is 0 Å². The Morgan fingerprint density at radius 2 is 1.89 bits per heavy atom. The highest BCUT2D eigenvalue weighted by Gasteiger charge is 2.06. The molecule has 0 aliphatic heterocycles. The zero-order chi connectivity index (χ0) is 13.9. The molecule has 0 aliphatic rings. The van der Waals surface area contributed by atoms with E-state index in [4.69, 9.17) is 5.73 Å². The van der Waals surface area contributed by atoms with E-state index in [9.17, 15) is 8.42 Å². The standard InChI is InChI=1S/C12H14N4O2S/c1-19(17,18)10-4-2-9(3-5-10)7-14-12-6-11(13)15-8-16-12/h2-6,8H,7H2,1H3,(H3,13,14,15,16). The Kier molecular flexibility index (Phi) is 3.66. The molecule has 0 aliphatic carbocycles. The summed E-state index contributed by atoms with van der Waals surface area (Å²) in [6.45, 7) is 0.528. The first-order valence-corrected chi connectivity index (χ1v) is 7.45. The lowest BCUT2D eigenvalue weighted by atomic mass is 10.2. The summed E-state index contributed by atoms with van der Waals surface area (Å²) in [5, 5.41) is 3.08. The maximum atomic E-state index is 11.3. The molecule has 3 N–H and O–H groups in total. The van der Waals surface area contributed by atoms with Gasteiger partial charge >= 0.3 is 0 Å². The van der Waals surface area contributed by atoms with Gasteiger partial charge in [0.25, 0.3) is 0 Å². The van der Waals surface area contributed by atoms with Gasteiger partial charge in [0, 0.05) is 18.9 Å². The van der Waals surface area contributed by atoms with Crippen molar-refractivity contribution in [3.63, 3.8) is 0 Å². The second-order valence-electron chi connectivity index (χ2n) is 4.10. The van der Waals surface area contributed by atoms with E-state index in [0.717, 1.165) is 5.56 Å². The van der Waals surface area contributed by atoms with E-state index in [2.05, 4.69) is 15.3 Å². The summed E-state index contributed by atoms with van der Waals surface area (Å²) < 4.78 is 22.6. The van der Waals surface area contributed by atoms with Crippen LogP contribution in [0.1, 0.15) is 5.56 Å². The first-order chi connectivity index (χ1) is 8.95. The summed E-state index contributed by atoms with van der Waals surface area (Å²) in [5.41, 5.74) is 6.49. The van der Waals surface area contributed by atoms with Crippen LogP contribution in [0.4, 0.5) is 11.6 Å². The van der Waals surface area contributed by atoms with Crippen LogP contribution in [0.2, 0.25) is 0 Å². The third kappa shape index (κ3) is 3.65. The second-order valence-corrected chi connectivity index (χ2v) is 6.11. The zero-order valence-electron chi connectivity index (χ0n) is 10.4. The molecule has 0 saturated carbocycles. The van der Waals surface area contributed by atoms with E-state index in [1.165, 1.54) is 12.6 Å². The van der Waals surface area contributed by atoms with Crippen LogP contribution in [0.15, 0.2) is 41.6 Å². The SMILES string of the molecule is CS(=O)(=O)c1ccc(CNc2cc(N)ncn2)cc1. The normalized spacial score (nSPS) is 11.2. The van der Waals surface area contributed by atoms with Crippen molar-refractivity contribution in [1.29, 1.82) is 0 Å². The summed E-state index contributed by atoms with van der Waals surface area (Å²) in [7, 11) is -3.15. The Labute approximate surface area is 111 Å².